The molecule has 0 nitrogen and oxygen atoms in total. The molecule has 2 unspecified atom stereocenters. The molecule has 0 aromatic rings. The molecule has 0 radical (unpaired) electrons. The Morgan fingerprint density at radius 1 is 1.31 bits per heavy atom. The van der Waals surface area contributed by atoms with Gasteiger partial charge in [0.05, 0.1) is 0 Å². The van der Waals surface area contributed by atoms with E-state index >= 15 is 0 Å². The number of allylic oxidation sites excluding steroid dienone is 4. The molecule has 0 N–H and O–H groups in total. The lowest BCUT2D eigenvalue weighted by Gasteiger charge is -2.09. The van der Waals surface area contributed by atoms with Gasteiger partial charge in [0, 0.05) is 0 Å². The van der Waals surface area contributed by atoms with Gasteiger partial charge in [-0.2, -0.15) is 0 Å². The Hall–Kier alpha value is -0.780. The molecule has 0 amide bonds. The maximum absolute atomic E-state index is 3.81. The molecule has 0 fully saturated rings. The van der Waals surface area contributed by atoms with Gasteiger partial charge in [-0.05, 0) is 31.1 Å². The SMILES string of the molecule is C=CC(C)CC.C=CC1C=CCCCCC1. The molecule has 0 aliphatic heterocycles. The van der Waals surface area contributed by atoms with Crippen LogP contribution in [0, 0.1) is 11.8 Å². The van der Waals surface area contributed by atoms with E-state index in [2.05, 4.69) is 45.2 Å². The third-order valence-electron chi connectivity index (χ3n) is 3.14. The van der Waals surface area contributed by atoms with Crippen LogP contribution in [0.25, 0.3) is 0 Å². The molecule has 0 bridgehead atoms. The summed E-state index contributed by atoms with van der Waals surface area (Å²) in [7, 11) is 0. The Kier molecular flexibility index (Phi) is 10.2. The summed E-state index contributed by atoms with van der Waals surface area (Å²) in [5.41, 5.74) is 0. The lowest BCUT2D eigenvalue weighted by Crippen LogP contribution is -1.93. The van der Waals surface area contributed by atoms with Gasteiger partial charge in [-0.1, -0.05) is 57.4 Å². The number of hydrogen-bond acceptors (Lipinski definition) is 0. The molecule has 1 aliphatic rings. The summed E-state index contributed by atoms with van der Waals surface area (Å²) < 4.78 is 0. The van der Waals surface area contributed by atoms with Crippen molar-refractivity contribution in [1.29, 1.82) is 0 Å². The highest BCUT2D eigenvalue weighted by atomic mass is 14.1. The smallest absolute Gasteiger partial charge is 0.00562 e. The van der Waals surface area contributed by atoms with Crippen molar-refractivity contribution in [3.63, 3.8) is 0 Å². The van der Waals surface area contributed by atoms with Crippen LogP contribution < -0.4 is 0 Å². The van der Waals surface area contributed by atoms with Gasteiger partial charge in [0.25, 0.3) is 0 Å². The predicted molar refractivity (Wildman–Crippen MR) is 75.6 cm³/mol. The zero-order valence-electron chi connectivity index (χ0n) is 11.1. The van der Waals surface area contributed by atoms with Crippen LogP contribution in [0.4, 0.5) is 0 Å². The van der Waals surface area contributed by atoms with E-state index in [1.54, 1.807) is 0 Å². The third kappa shape index (κ3) is 8.52. The van der Waals surface area contributed by atoms with E-state index < -0.39 is 0 Å². The van der Waals surface area contributed by atoms with Crippen LogP contribution in [0.15, 0.2) is 37.5 Å². The van der Waals surface area contributed by atoms with Gasteiger partial charge < -0.3 is 0 Å². The maximum atomic E-state index is 3.81. The van der Waals surface area contributed by atoms with Crippen LogP contribution >= 0.6 is 0 Å². The van der Waals surface area contributed by atoms with Crippen molar-refractivity contribution in [3.8, 4) is 0 Å². The molecule has 1 aliphatic carbocycles. The van der Waals surface area contributed by atoms with Gasteiger partial charge in [-0.3, -0.25) is 0 Å². The van der Waals surface area contributed by atoms with E-state index in [4.69, 9.17) is 0 Å². The van der Waals surface area contributed by atoms with Crippen LogP contribution in [-0.4, -0.2) is 0 Å². The van der Waals surface area contributed by atoms with Gasteiger partial charge in [0.15, 0.2) is 0 Å². The molecular formula is C16H28. The fourth-order valence-electron chi connectivity index (χ4n) is 1.55. The monoisotopic (exact) mass is 220 g/mol. The predicted octanol–water partition coefficient (Wildman–Crippen LogP) is 5.53. The Morgan fingerprint density at radius 3 is 2.56 bits per heavy atom. The van der Waals surface area contributed by atoms with E-state index in [0.717, 1.165) is 0 Å². The molecule has 0 saturated carbocycles. The molecule has 0 spiro atoms. The Bertz CT molecular complexity index is 200. The molecule has 0 aromatic heterocycles. The lowest BCUT2D eigenvalue weighted by atomic mass is 9.97. The van der Waals surface area contributed by atoms with Crippen molar-refractivity contribution in [2.75, 3.05) is 0 Å². The van der Waals surface area contributed by atoms with Gasteiger partial charge in [0.1, 0.15) is 0 Å². The van der Waals surface area contributed by atoms with Crippen molar-refractivity contribution in [2.45, 2.75) is 52.4 Å². The van der Waals surface area contributed by atoms with E-state index in [9.17, 15) is 0 Å². The molecule has 0 aromatic carbocycles. The molecule has 16 heavy (non-hydrogen) atoms. The average molecular weight is 220 g/mol. The first-order chi connectivity index (χ1) is 7.74. The fourth-order valence-corrected chi connectivity index (χ4v) is 1.55. The first-order valence-corrected chi connectivity index (χ1v) is 6.66. The van der Waals surface area contributed by atoms with Crippen molar-refractivity contribution < 1.29 is 0 Å². The number of rotatable bonds is 3. The summed E-state index contributed by atoms with van der Waals surface area (Å²) in [4.78, 5) is 0. The van der Waals surface area contributed by atoms with Crippen molar-refractivity contribution in [3.05, 3.63) is 37.5 Å². The normalized spacial score (nSPS) is 22.0. The van der Waals surface area contributed by atoms with Gasteiger partial charge in [-0.25, -0.2) is 0 Å². The van der Waals surface area contributed by atoms with Crippen molar-refractivity contribution in [2.24, 2.45) is 11.8 Å². The minimum absolute atomic E-state index is 0.653. The van der Waals surface area contributed by atoms with E-state index in [0.29, 0.717) is 11.8 Å². The number of hydrogen-bond donors (Lipinski definition) is 0. The Labute approximate surface area is 102 Å². The topological polar surface area (TPSA) is 0 Å². The van der Waals surface area contributed by atoms with Crippen molar-refractivity contribution >= 4 is 0 Å². The Balaban J connectivity index is 0.000000325. The highest BCUT2D eigenvalue weighted by Gasteiger charge is 2.00. The summed E-state index contributed by atoms with van der Waals surface area (Å²) >= 11 is 0. The zero-order valence-corrected chi connectivity index (χ0v) is 11.1. The molecule has 0 heterocycles. The second kappa shape index (κ2) is 10.7. The van der Waals surface area contributed by atoms with Crippen LogP contribution in [-0.2, 0) is 0 Å². The molecule has 0 heteroatoms. The highest BCUT2D eigenvalue weighted by Crippen LogP contribution is 2.16. The Morgan fingerprint density at radius 2 is 2.06 bits per heavy atom. The highest BCUT2D eigenvalue weighted by molar-refractivity contribution is 4.97. The second-order valence-corrected chi connectivity index (χ2v) is 4.59. The molecule has 92 valence electrons. The first kappa shape index (κ1) is 15.2. The summed E-state index contributed by atoms with van der Waals surface area (Å²) in [5, 5.41) is 0. The van der Waals surface area contributed by atoms with Gasteiger partial charge >= 0.3 is 0 Å². The summed E-state index contributed by atoms with van der Waals surface area (Å²) in [5.74, 6) is 1.35. The van der Waals surface area contributed by atoms with Crippen LogP contribution in [0.2, 0.25) is 0 Å². The van der Waals surface area contributed by atoms with Crippen molar-refractivity contribution in [1.82, 2.24) is 0 Å². The van der Waals surface area contributed by atoms with Gasteiger partial charge in [-0.15, -0.1) is 13.2 Å². The summed E-state index contributed by atoms with van der Waals surface area (Å²) in [6, 6.07) is 0. The van der Waals surface area contributed by atoms with Crippen LogP contribution in [0.1, 0.15) is 52.4 Å². The second-order valence-electron chi connectivity index (χ2n) is 4.59. The van der Waals surface area contributed by atoms with E-state index in [1.165, 1.54) is 38.5 Å². The summed E-state index contributed by atoms with van der Waals surface area (Å²) in [6.07, 6.45) is 16.6. The summed E-state index contributed by atoms with van der Waals surface area (Å²) in [6.45, 7) is 11.8. The molecular weight excluding hydrogens is 192 g/mol. The fraction of sp³-hybridized carbons (Fsp3) is 0.625. The third-order valence-corrected chi connectivity index (χ3v) is 3.14. The minimum atomic E-state index is 0.653. The largest absolute Gasteiger partial charge is 0.103 e. The standard InChI is InChI=1S/C10H16.C6H12/c1-2-10-8-6-4-3-5-7-9-10;1-4-6(3)5-2/h2,6,8,10H,1,3-5,7,9H2;4,6H,1,5H2,2-3H3. The van der Waals surface area contributed by atoms with Gasteiger partial charge in [0.2, 0.25) is 0 Å². The van der Waals surface area contributed by atoms with Crippen LogP contribution in [0.3, 0.4) is 0 Å². The van der Waals surface area contributed by atoms with E-state index in [-0.39, 0.29) is 0 Å². The lowest BCUT2D eigenvalue weighted by molar-refractivity contribution is 0.583. The van der Waals surface area contributed by atoms with Crippen LogP contribution in [0.5, 0.6) is 0 Å². The zero-order chi connectivity index (χ0) is 12.2. The maximum Gasteiger partial charge on any atom is -0.00562 e. The minimum Gasteiger partial charge on any atom is -0.103 e. The molecule has 2 atom stereocenters. The first-order valence-electron chi connectivity index (χ1n) is 6.66. The quantitative estimate of drug-likeness (QED) is 0.549. The molecule has 0 saturated heterocycles. The average Bonchev–Trinajstić information content (AvgIpc) is 2.28. The molecule has 1 rings (SSSR count). The van der Waals surface area contributed by atoms with E-state index in [1.807, 2.05) is 6.08 Å².